The molecule has 27 heteroatoms. The quantitative estimate of drug-likeness (QED) is 0.0116. The summed E-state index contributed by atoms with van der Waals surface area (Å²) < 4.78 is 49.9. The van der Waals surface area contributed by atoms with Gasteiger partial charge in [0.15, 0.2) is 53.5 Å². The van der Waals surface area contributed by atoms with Crippen LogP contribution in [0.5, 0.6) is 11.5 Å². The molecule has 0 bridgehead atoms. The summed E-state index contributed by atoms with van der Waals surface area (Å²) in [6.07, 6.45) is 5.89. The Morgan fingerprint density at radius 2 is 1.42 bits per heavy atom. The number of nitrogen functional groups attached to an aromatic ring is 1. The number of sulfone groups is 1. The number of aromatic carboxylic acids is 2. The first-order chi connectivity index (χ1) is 32.2. The molecule has 0 spiro atoms. The molecule has 0 fully saturated rings. The van der Waals surface area contributed by atoms with Crippen LogP contribution in [0.15, 0.2) is 138 Å². The van der Waals surface area contributed by atoms with Crippen molar-refractivity contribution in [1.82, 2.24) is 0 Å². The number of hydrogen-bond donors (Lipinski definition) is 4. The van der Waals surface area contributed by atoms with E-state index in [1.165, 1.54) is 84.9 Å². The van der Waals surface area contributed by atoms with Gasteiger partial charge in [-0.15, -0.1) is 29.1 Å². The predicted octanol–water partition coefficient (Wildman–Crippen LogP) is 5.56. The summed E-state index contributed by atoms with van der Waals surface area (Å²) in [5.74, 6) is -3.22. The number of aromatic hydroxyl groups is 1. The van der Waals surface area contributed by atoms with Gasteiger partial charge in [-0.25, -0.2) is 33.0 Å². The molecular weight excluding hydrogens is 963 g/mol. The molecule has 0 atom stereocenters. The Labute approximate surface area is 392 Å². The lowest BCUT2D eigenvalue weighted by molar-refractivity contribution is -0.701. The molecule has 0 aliphatic rings. The zero-order chi connectivity index (χ0) is 48.1. The minimum Gasteiger partial charge on any atom is -0.545 e. The van der Waals surface area contributed by atoms with Crippen LogP contribution in [0.25, 0.3) is 10.8 Å². The number of phenolic OH excluding ortho intramolecular Hbond substituents is 1. The van der Waals surface area contributed by atoms with E-state index in [4.69, 9.17) is 34.5 Å². The largest absolute Gasteiger partial charge is 0.545 e. The van der Waals surface area contributed by atoms with Crippen molar-refractivity contribution < 1.29 is 85.7 Å². The molecule has 0 aliphatic heterocycles. The predicted molar refractivity (Wildman–Crippen MR) is 231 cm³/mol. The van der Waals surface area contributed by atoms with E-state index in [0.29, 0.717) is 41.1 Å². The second-order valence-electron chi connectivity index (χ2n) is 13.5. The number of phenols is 1. The average Bonchev–Trinajstić information content (AvgIpc) is 3.32. The molecule has 2 aromatic heterocycles. The number of anilines is 1. The maximum Gasteiger partial charge on any atom is 0.184 e. The number of fused-ring (bicyclic) bond motifs is 1. The van der Waals surface area contributed by atoms with E-state index in [1.807, 2.05) is 0 Å². The number of rotatable bonds is 23. The third-order valence-corrected chi connectivity index (χ3v) is 13.0. The first-order valence-electron chi connectivity index (χ1n) is 18.9. The summed E-state index contributed by atoms with van der Waals surface area (Å²) in [6.45, 7) is 2.13. The third kappa shape index (κ3) is 13.0. The molecule has 23 nitrogen and oxygen atoms in total. The number of carboxylic acid groups (broad SMARTS) is 2. The lowest BCUT2D eigenvalue weighted by Gasteiger charge is -2.12. The standard InChI is InChI=1S/C40H35N7O16S4/c1-23-18-31(32(57-2)21-33(23)64-61-58-16-14-47-11-3-4-25(22-47)40(51)52)43-45-37-35(66-63-60-54)20-28-27(38(37)48)6-7-29(41)36(28)44-42-30-8-5-26(19-34(30)65-62-59-53)67(55,56)17-15-46-12-9-24(10-13-46)39(49)50/h3-13,18-22H,14-17H2,1-2H3,(H5-2,41,42,43,48,49,50,51,52,53,54). The molecule has 6 rings (SSSR count). The van der Waals surface area contributed by atoms with E-state index in [1.54, 1.807) is 35.9 Å². The van der Waals surface area contributed by atoms with Crippen molar-refractivity contribution in [2.24, 2.45) is 20.5 Å². The van der Waals surface area contributed by atoms with E-state index in [2.05, 4.69) is 34.9 Å². The number of aromatic nitrogens is 2. The van der Waals surface area contributed by atoms with Crippen LogP contribution >= 0.6 is 36.1 Å². The summed E-state index contributed by atoms with van der Waals surface area (Å²) in [6, 6.07) is 17.0. The van der Waals surface area contributed by atoms with Crippen LogP contribution in [0.1, 0.15) is 26.3 Å². The number of carboxylic acids is 2. The van der Waals surface area contributed by atoms with E-state index >= 15 is 0 Å². The van der Waals surface area contributed by atoms with E-state index in [9.17, 15) is 33.3 Å². The van der Waals surface area contributed by atoms with Crippen LogP contribution < -0.4 is 29.8 Å². The fourth-order valence-electron chi connectivity index (χ4n) is 5.93. The summed E-state index contributed by atoms with van der Waals surface area (Å²) in [5.41, 5.74) is 7.21. The van der Waals surface area contributed by atoms with Crippen LogP contribution in [0.2, 0.25) is 0 Å². The molecule has 350 valence electrons. The van der Waals surface area contributed by atoms with Gasteiger partial charge in [-0.05, 0) is 67.1 Å². The van der Waals surface area contributed by atoms with Crippen molar-refractivity contribution in [3.63, 3.8) is 0 Å². The van der Waals surface area contributed by atoms with E-state index in [-0.39, 0.29) is 89.7 Å². The zero-order valence-electron chi connectivity index (χ0n) is 34.6. The lowest BCUT2D eigenvalue weighted by Crippen LogP contribution is -2.37. The van der Waals surface area contributed by atoms with Gasteiger partial charge in [-0.2, -0.15) is 4.33 Å². The number of azo groups is 2. The highest BCUT2D eigenvalue weighted by atomic mass is 32.2. The molecule has 0 saturated carbocycles. The zero-order valence-corrected chi connectivity index (χ0v) is 37.9. The Morgan fingerprint density at radius 3 is 2.12 bits per heavy atom. The number of nitrogens with two attached hydrogens (primary N) is 1. The Kier molecular flexibility index (Phi) is 17.5. The Morgan fingerprint density at radius 1 is 0.731 bits per heavy atom. The molecule has 0 saturated heterocycles. The highest BCUT2D eigenvalue weighted by Crippen LogP contribution is 2.48. The minimum absolute atomic E-state index is 0.0181. The first kappa shape index (κ1) is 50.1. The van der Waals surface area contributed by atoms with Crippen molar-refractivity contribution in [2.45, 2.75) is 39.6 Å². The van der Waals surface area contributed by atoms with Crippen LogP contribution in [0.3, 0.4) is 0 Å². The summed E-state index contributed by atoms with van der Waals surface area (Å²) >= 11 is 1.77. The number of benzene rings is 4. The molecular formula is C40H35N7O16S4. The molecule has 5 N–H and O–H groups in total. The third-order valence-electron chi connectivity index (χ3n) is 9.27. The number of methoxy groups -OCH3 is 1. The van der Waals surface area contributed by atoms with Crippen molar-refractivity contribution in [3.05, 3.63) is 114 Å². The second-order valence-corrected chi connectivity index (χ2v) is 17.8. The maximum absolute atomic E-state index is 13.3. The van der Waals surface area contributed by atoms with Gasteiger partial charge in [0.25, 0.3) is 0 Å². The Balaban J connectivity index is 1.23. The fraction of sp³-hybridized carbons (Fsp3) is 0.150. The van der Waals surface area contributed by atoms with Crippen LogP contribution in [-0.4, -0.2) is 55.4 Å². The van der Waals surface area contributed by atoms with Crippen LogP contribution in [-0.2, 0) is 50.9 Å². The average molecular weight is 998 g/mol. The molecule has 6 aromatic rings. The Bertz CT molecular complexity index is 2950. The van der Waals surface area contributed by atoms with Crippen molar-refractivity contribution in [1.29, 1.82) is 0 Å². The number of nitrogens with zero attached hydrogens (tertiary/aromatic N) is 6. The highest BCUT2D eigenvalue weighted by molar-refractivity contribution is 7.95. The van der Waals surface area contributed by atoms with Gasteiger partial charge in [0.2, 0.25) is 0 Å². The number of hydrogen-bond acceptors (Lipinski definition) is 24. The molecule has 0 unspecified atom stereocenters. The highest BCUT2D eigenvalue weighted by Gasteiger charge is 2.22. The van der Waals surface area contributed by atoms with Gasteiger partial charge in [-0.3, -0.25) is 0 Å². The minimum atomic E-state index is -3.95. The van der Waals surface area contributed by atoms with Crippen LogP contribution in [0.4, 0.5) is 28.4 Å². The molecule has 0 aliphatic carbocycles. The fourth-order valence-corrected chi connectivity index (χ4v) is 8.76. The number of ether oxygens (including phenoxy) is 1. The SMILES string of the molecule is COc1cc(SOOCC[n+]2cccc(C(=O)[O-])c2)c(C)cc1N=Nc1c(SOOO)cc2c(N=Nc3ccc(S(=O)(=O)CC[n+]4ccc(C(=O)[O-])cc4)cc3SOOO)c(N)ccc2c1O. The molecule has 2 heterocycles. The smallest absolute Gasteiger partial charge is 0.184 e. The molecule has 0 radical (unpaired) electrons. The van der Waals surface area contributed by atoms with E-state index < -0.39 is 27.5 Å². The summed E-state index contributed by atoms with van der Waals surface area (Å²) in [4.78, 5) is 28.0. The van der Waals surface area contributed by atoms with Gasteiger partial charge in [0.05, 0.1) is 81.1 Å². The van der Waals surface area contributed by atoms with Crippen molar-refractivity contribution in [3.8, 4) is 11.5 Å². The topological polar surface area (TPSA) is 323 Å². The molecule has 67 heavy (non-hydrogen) atoms. The van der Waals surface area contributed by atoms with Crippen molar-refractivity contribution in [2.75, 3.05) is 25.2 Å². The van der Waals surface area contributed by atoms with Gasteiger partial charge in [-0.1, -0.05) is 10.1 Å². The van der Waals surface area contributed by atoms with E-state index in [0.717, 1.165) is 12.0 Å². The second kappa shape index (κ2) is 23.4. The van der Waals surface area contributed by atoms with Gasteiger partial charge < -0.3 is 35.4 Å². The van der Waals surface area contributed by atoms with Gasteiger partial charge >= 0.3 is 0 Å². The van der Waals surface area contributed by atoms with Crippen molar-refractivity contribution >= 4 is 97.1 Å². The summed E-state index contributed by atoms with van der Waals surface area (Å²) in [7, 11) is -2.54. The normalized spacial score (nSPS) is 11.8. The maximum atomic E-state index is 13.3. The van der Waals surface area contributed by atoms with Gasteiger partial charge in [0, 0.05) is 39.4 Å². The first-order valence-corrected chi connectivity index (χ1v) is 22.7. The number of carbonyl (C=O) groups excluding carboxylic acids is 2. The summed E-state index contributed by atoms with van der Waals surface area (Å²) in [5, 5.41) is 76.8. The molecule has 0 amide bonds. The lowest BCUT2D eigenvalue weighted by atomic mass is 10.1. The Hall–Kier alpha value is -6.34. The monoisotopic (exact) mass is 997 g/mol. The number of aryl methyl sites for hydroxylation is 2. The van der Waals surface area contributed by atoms with Crippen LogP contribution in [0, 0.1) is 6.92 Å². The number of carbonyl (C=O) groups is 2. The number of pyridine rings is 2. The molecule has 4 aromatic carbocycles. The van der Waals surface area contributed by atoms with Gasteiger partial charge in [0.1, 0.15) is 40.9 Å².